The summed E-state index contributed by atoms with van der Waals surface area (Å²) >= 11 is 5.22. The first kappa shape index (κ1) is 25.8. The summed E-state index contributed by atoms with van der Waals surface area (Å²) in [5, 5.41) is 76.5. The molecule has 2 fully saturated rings. The fourth-order valence-electron chi connectivity index (χ4n) is 2.57. The molecule has 158 valence electrons. The van der Waals surface area contributed by atoms with Gasteiger partial charge in [0.15, 0.2) is 12.6 Å². The van der Waals surface area contributed by atoms with E-state index in [2.05, 4.69) is 37.2 Å². The Labute approximate surface area is 178 Å². The van der Waals surface area contributed by atoms with E-state index in [9.17, 15) is 35.7 Å². The average Bonchev–Trinajstić information content (AvgIpc) is 2.62. The van der Waals surface area contributed by atoms with Crippen LogP contribution in [-0.2, 0) is 14.2 Å². The van der Waals surface area contributed by atoms with Crippen LogP contribution in [0.2, 0.25) is 0 Å². The van der Waals surface area contributed by atoms with E-state index in [4.69, 9.17) is 19.3 Å². The number of aliphatic hydroxyl groups is 8. The van der Waals surface area contributed by atoms with Gasteiger partial charge in [-0.2, -0.15) is 0 Å². The molecule has 0 saturated carbocycles. The Kier molecular flexibility index (Phi) is 12.3. The summed E-state index contributed by atoms with van der Waals surface area (Å²) in [5.74, 6) is 0. The maximum absolute atomic E-state index is 9.94. The van der Waals surface area contributed by atoms with Gasteiger partial charge in [-0.1, -0.05) is 0 Å². The standard InChI is InChI=1S/C12H22O11.HI3/c13-1-3-5(15)6(16)9(19)12(22-3)23-10-4(2-14)21-11(20)8(18)7(10)17;1-3-2/h3-20H,1-2H2;3H. The second-order valence-electron chi connectivity index (χ2n) is 5.59. The van der Waals surface area contributed by atoms with Crippen molar-refractivity contribution in [3.63, 3.8) is 0 Å². The van der Waals surface area contributed by atoms with Gasteiger partial charge >= 0.3 is 50.5 Å². The van der Waals surface area contributed by atoms with Crippen molar-refractivity contribution in [3.8, 4) is 0 Å². The predicted octanol–water partition coefficient (Wildman–Crippen LogP) is -3.01. The van der Waals surface area contributed by atoms with Gasteiger partial charge < -0.3 is 55.1 Å². The Morgan fingerprint density at radius 2 is 1.27 bits per heavy atom. The van der Waals surface area contributed by atoms with E-state index < -0.39 is 74.6 Å². The summed E-state index contributed by atoms with van der Waals surface area (Å²) in [6.45, 7) is -1.35. The Hall–Kier alpha value is 1.75. The Morgan fingerprint density at radius 3 is 1.77 bits per heavy atom. The summed E-state index contributed by atoms with van der Waals surface area (Å²) in [5.41, 5.74) is 0. The first-order chi connectivity index (χ1) is 12.2. The molecule has 0 bridgehead atoms. The monoisotopic (exact) mass is 724 g/mol. The third kappa shape index (κ3) is 6.37. The molecule has 8 N–H and O–H groups in total. The first-order valence-electron chi connectivity index (χ1n) is 7.39. The second kappa shape index (κ2) is 12.4. The summed E-state index contributed by atoms with van der Waals surface area (Å²) < 4.78 is 15.3. The third-order valence-electron chi connectivity index (χ3n) is 3.98. The second-order valence-corrected chi connectivity index (χ2v) is 23.1. The minimum atomic E-state index is -1.74. The zero-order valence-corrected chi connectivity index (χ0v) is 19.8. The van der Waals surface area contributed by atoms with E-state index in [0.29, 0.717) is 13.3 Å². The Bertz CT molecular complexity index is 405. The van der Waals surface area contributed by atoms with Gasteiger partial charge in [-0.05, 0) is 0 Å². The molecular formula is C12H23I3O11. The smallest absolute Gasteiger partial charge is 0.187 e. The minimum absolute atomic E-state index is 0.410. The van der Waals surface area contributed by atoms with Gasteiger partial charge in [0, 0.05) is 0 Å². The quantitative estimate of drug-likeness (QED) is 0.138. The summed E-state index contributed by atoms with van der Waals surface area (Å²) in [7, 11) is 0. The molecule has 10 atom stereocenters. The van der Waals surface area contributed by atoms with Crippen LogP contribution >= 0.6 is 50.5 Å². The van der Waals surface area contributed by atoms with Crippen LogP contribution in [-0.4, -0.2) is 115 Å². The first-order valence-corrected chi connectivity index (χ1v) is 21.0. The zero-order valence-electron chi connectivity index (χ0n) is 13.2. The fourth-order valence-corrected chi connectivity index (χ4v) is 2.57. The normalized spacial score (nSPS) is 46.5. The van der Waals surface area contributed by atoms with Crippen LogP contribution in [0.1, 0.15) is 0 Å². The number of ether oxygens (including phenoxy) is 3. The van der Waals surface area contributed by atoms with Gasteiger partial charge in [0.05, 0.1) is 13.2 Å². The molecule has 26 heavy (non-hydrogen) atoms. The molecule has 14 heteroatoms. The number of aliphatic hydroxyl groups excluding tert-OH is 8. The zero-order chi connectivity index (χ0) is 20.0. The van der Waals surface area contributed by atoms with Crippen LogP contribution in [0.25, 0.3) is 0 Å². The summed E-state index contributed by atoms with van der Waals surface area (Å²) in [6, 6.07) is 0. The molecule has 2 heterocycles. The van der Waals surface area contributed by atoms with Crippen molar-refractivity contribution < 1.29 is 55.1 Å². The maximum atomic E-state index is 9.94. The molecule has 0 aromatic carbocycles. The van der Waals surface area contributed by atoms with Gasteiger partial charge in [-0.3, -0.25) is 0 Å². The van der Waals surface area contributed by atoms with Gasteiger partial charge in [-0.25, -0.2) is 0 Å². The maximum Gasteiger partial charge on any atom is 0.187 e. The molecule has 0 aliphatic carbocycles. The van der Waals surface area contributed by atoms with Crippen molar-refractivity contribution >= 4 is 50.5 Å². The van der Waals surface area contributed by atoms with Crippen molar-refractivity contribution in [2.75, 3.05) is 13.2 Å². The van der Waals surface area contributed by atoms with Gasteiger partial charge in [-0.15, -0.1) is 0 Å². The molecular weight excluding hydrogens is 701 g/mol. The summed E-state index contributed by atoms with van der Waals surface area (Å²) in [4.78, 5) is 0. The summed E-state index contributed by atoms with van der Waals surface area (Å²) in [6.07, 6.45) is -15.6. The molecule has 10 unspecified atom stereocenters. The van der Waals surface area contributed by atoms with Crippen LogP contribution in [0.4, 0.5) is 0 Å². The van der Waals surface area contributed by atoms with E-state index in [1.54, 1.807) is 0 Å². The van der Waals surface area contributed by atoms with Crippen LogP contribution in [0.15, 0.2) is 0 Å². The topological polar surface area (TPSA) is 190 Å². The molecule has 0 spiro atoms. The van der Waals surface area contributed by atoms with Crippen molar-refractivity contribution in [1.29, 1.82) is 0 Å². The van der Waals surface area contributed by atoms with E-state index >= 15 is 0 Å². The van der Waals surface area contributed by atoms with Crippen molar-refractivity contribution in [1.82, 2.24) is 0 Å². The van der Waals surface area contributed by atoms with E-state index in [1.807, 2.05) is 0 Å². The minimum Gasteiger partial charge on any atom is -0.394 e. The van der Waals surface area contributed by atoms with Gasteiger partial charge in [0.25, 0.3) is 0 Å². The molecule has 0 aromatic heterocycles. The van der Waals surface area contributed by atoms with Crippen molar-refractivity contribution in [3.05, 3.63) is 0 Å². The fraction of sp³-hybridized carbons (Fsp3) is 1.00. The number of hydrogen-bond acceptors (Lipinski definition) is 11. The Balaban J connectivity index is 0.00000105. The molecule has 2 rings (SSSR count). The van der Waals surface area contributed by atoms with Crippen LogP contribution in [0.3, 0.4) is 0 Å². The molecule has 0 amide bonds. The molecule has 2 aliphatic rings. The number of hydrogen-bond donors (Lipinski definition) is 8. The van der Waals surface area contributed by atoms with Crippen LogP contribution in [0.5, 0.6) is 0 Å². The molecule has 0 radical (unpaired) electrons. The van der Waals surface area contributed by atoms with Crippen LogP contribution < -0.4 is 0 Å². The average molecular weight is 724 g/mol. The van der Waals surface area contributed by atoms with Crippen molar-refractivity contribution in [2.45, 2.75) is 61.4 Å². The van der Waals surface area contributed by atoms with Crippen LogP contribution in [0, 0.1) is 0 Å². The van der Waals surface area contributed by atoms with E-state index in [1.165, 1.54) is 0 Å². The molecule has 2 aliphatic heterocycles. The third-order valence-corrected chi connectivity index (χ3v) is 3.98. The molecule has 0 aromatic rings. The number of halogens is 3. The van der Waals surface area contributed by atoms with Gasteiger partial charge in [0.1, 0.15) is 48.8 Å². The largest absolute Gasteiger partial charge is 0.394 e. The van der Waals surface area contributed by atoms with E-state index in [0.717, 1.165) is 0 Å². The van der Waals surface area contributed by atoms with Gasteiger partial charge in [0.2, 0.25) is 0 Å². The molecule has 11 nitrogen and oxygen atoms in total. The Morgan fingerprint density at radius 1 is 0.731 bits per heavy atom. The molecule has 2 saturated heterocycles. The van der Waals surface area contributed by atoms with Crippen molar-refractivity contribution in [2.24, 2.45) is 0 Å². The number of rotatable bonds is 4. The predicted molar refractivity (Wildman–Crippen MR) is 112 cm³/mol. The SMILES string of the molecule is I[IH]I.OCC1OC(OC2C(CO)OC(O)C(O)C2O)C(O)C(O)C1O. The van der Waals surface area contributed by atoms with E-state index in [-0.39, 0.29) is 0 Å².